The minimum atomic E-state index is -4.12. The Hall–Kier alpha value is -0.960. The lowest BCUT2D eigenvalue weighted by Crippen LogP contribution is -2.16. The number of halogens is 3. The van der Waals surface area contributed by atoms with Crippen molar-refractivity contribution in [1.82, 2.24) is 0 Å². The van der Waals surface area contributed by atoms with E-state index in [1.807, 2.05) is 0 Å². The summed E-state index contributed by atoms with van der Waals surface area (Å²) in [6.07, 6.45) is 0. The lowest BCUT2D eigenvalue weighted by atomic mass is 10.2. The Morgan fingerprint density at radius 2 is 1.86 bits per heavy atom. The van der Waals surface area contributed by atoms with Crippen molar-refractivity contribution in [3.8, 4) is 0 Å². The quantitative estimate of drug-likeness (QED) is 0.765. The second kappa shape index (κ2) is 6.43. The minimum absolute atomic E-state index is 0.100. The molecule has 2 aromatic rings. The summed E-state index contributed by atoms with van der Waals surface area (Å²) < 4.78 is 42.0. The molecule has 0 bridgehead atoms. The Labute approximate surface area is 138 Å². The number of nitrogens with one attached hydrogen (secondary N) is 1. The van der Waals surface area contributed by atoms with Gasteiger partial charge in [0.25, 0.3) is 10.0 Å². The van der Waals surface area contributed by atoms with Crippen LogP contribution in [0.2, 0.25) is 0 Å². The highest BCUT2D eigenvalue weighted by atomic mass is 79.9. The molecule has 0 unspecified atom stereocenters. The third-order valence-electron chi connectivity index (χ3n) is 2.66. The number of anilines is 1. The van der Waals surface area contributed by atoms with Crippen LogP contribution in [-0.4, -0.2) is 13.5 Å². The molecule has 2 N–H and O–H groups in total. The molecular formula is C13H10Br2FNO3S. The molecule has 0 saturated heterocycles. The average molecular weight is 439 g/mol. The van der Waals surface area contributed by atoms with Gasteiger partial charge in [0.1, 0.15) is 10.7 Å². The first-order valence-electron chi connectivity index (χ1n) is 5.71. The van der Waals surface area contributed by atoms with Crippen LogP contribution in [0, 0.1) is 5.82 Å². The molecule has 2 aromatic carbocycles. The predicted molar refractivity (Wildman–Crippen MR) is 85.0 cm³/mol. The number of benzene rings is 2. The van der Waals surface area contributed by atoms with Crippen LogP contribution in [0.25, 0.3) is 0 Å². The molecule has 0 radical (unpaired) electrons. The van der Waals surface area contributed by atoms with Gasteiger partial charge in [-0.15, -0.1) is 0 Å². The van der Waals surface area contributed by atoms with E-state index in [0.717, 1.165) is 6.07 Å². The van der Waals surface area contributed by atoms with Gasteiger partial charge in [-0.3, -0.25) is 4.72 Å². The van der Waals surface area contributed by atoms with Gasteiger partial charge in [-0.1, -0.05) is 28.1 Å². The van der Waals surface area contributed by atoms with Crippen molar-refractivity contribution in [2.24, 2.45) is 0 Å². The molecule has 0 aliphatic heterocycles. The van der Waals surface area contributed by atoms with Crippen LogP contribution in [0.5, 0.6) is 0 Å². The highest BCUT2D eigenvalue weighted by molar-refractivity contribution is 9.10. The Morgan fingerprint density at radius 1 is 1.19 bits per heavy atom. The average Bonchev–Trinajstić information content (AvgIpc) is 2.43. The van der Waals surface area contributed by atoms with Gasteiger partial charge < -0.3 is 5.11 Å². The van der Waals surface area contributed by atoms with E-state index in [1.54, 1.807) is 24.3 Å². The molecule has 0 spiro atoms. The summed E-state index contributed by atoms with van der Waals surface area (Å²) in [7, 11) is -4.12. The van der Waals surface area contributed by atoms with Crippen LogP contribution >= 0.6 is 31.9 Å². The van der Waals surface area contributed by atoms with Gasteiger partial charge in [0.2, 0.25) is 0 Å². The summed E-state index contributed by atoms with van der Waals surface area (Å²) in [6.45, 7) is -0.594. The van der Waals surface area contributed by atoms with E-state index in [2.05, 4.69) is 36.6 Å². The zero-order valence-corrected chi connectivity index (χ0v) is 14.5. The maximum absolute atomic E-state index is 14.1. The first kappa shape index (κ1) is 16.4. The fourth-order valence-corrected chi connectivity index (χ4v) is 4.07. The Kier molecular flexibility index (Phi) is 5.03. The van der Waals surface area contributed by atoms with E-state index in [4.69, 9.17) is 5.11 Å². The van der Waals surface area contributed by atoms with Crippen LogP contribution in [0.1, 0.15) is 5.56 Å². The first-order chi connectivity index (χ1) is 9.85. The molecule has 0 heterocycles. The zero-order valence-electron chi connectivity index (χ0n) is 10.5. The fraction of sp³-hybridized carbons (Fsp3) is 0.0769. The predicted octanol–water partition coefficient (Wildman–Crippen LogP) is 3.64. The molecule has 0 amide bonds. The Balaban J connectivity index is 2.50. The van der Waals surface area contributed by atoms with E-state index in [1.165, 1.54) is 6.07 Å². The van der Waals surface area contributed by atoms with Gasteiger partial charge in [0.15, 0.2) is 0 Å². The molecule has 0 aliphatic carbocycles. The summed E-state index contributed by atoms with van der Waals surface area (Å²) in [5, 5.41) is 9.08. The van der Waals surface area contributed by atoms with Crippen LogP contribution in [0.15, 0.2) is 50.2 Å². The standard InChI is InChI=1S/C13H10Br2FNO3S/c14-9-5-8(7-18)13(16)12(6-9)21(19,20)17-11-4-2-1-3-10(11)15/h1-6,17-18H,7H2. The van der Waals surface area contributed by atoms with Crippen LogP contribution in [-0.2, 0) is 16.6 Å². The maximum Gasteiger partial charge on any atom is 0.264 e. The van der Waals surface area contributed by atoms with Crippen LogP contribution < -0.4 is 4.72 Å². The van der Waals surface area contributed by atoms with Crippen LogP contribution in [0.3, 0.4) is 0 Å². The molecule has 0 fully saturated rings. The van der Waals surface area contributed by atoms with Gasteiger partial charge >= 0.3 is 0 Å². The summed E-state index contributed by atoms with van der Waals surface area (Å²) in [6, 6.07) is 9.06. The smallest absolute Gasteiger partial charge is 0.264 e. The molecular weight excluding hydrogens is 429 g/mol. The van der Waals surface area contributed by atoms with Crippen molar-refractivity contribution in [1.29, 1.82) is 0 Å². The number of para-hydroxylation sites is 1. The Bertz CT molecular complexity index is 781. The molecule has 2 rings (SSSR count). The van der Waals surface area contributed by atoms with Crippen molar-refractivity contribution >= 4 is 47.6 Å². The van der Waals surface area contributed by atoms with Crippen molar-refractivity contribution in [3.63, 3.8) is 0 Å². The molecule has 0 atom stereocenters. The van der Waals surface area contributed by atoms with Crippen molar-refractivity contribution in [2.45, 2.75) is 11.5 Å². The van der Waals surface area contributed by atoms with E-state index in [9.17, 15) is 12.8 Å². The summed E-state index contributed by atoms with van der Waals surface area (Å²) >= 11 is 6.31. The summed E-state index contributed by atoms with van der Waals surface area (Å²) in [5.41, 5.74) is 0.194. The van der Waals surface area contributed by atoms with E-state index in [0.29, 0.717) is 14.6 Å². The maximum atomic E-state index is 14.1. The second-order valence-electron chi connectivity index (χ2n) is 4.12. The molecule has 21 heavy (non-hydrogen) atoms. The van der Waals surface area contributed by atoms with Gasteiger partial charge in [-0.05, 0) is 40.2 Å². The number of rotatable bonds is 4. The first-order valence-corrected chi connectivity index (χ1v) is 8.78. The monoisotopic (exact) mass is 437 g/mol. The third kappa shape index (κ3) is 3.63. The van der Waals surface area contributed by atoms with Gasteiger partial charge in [-0.25, -0.2) is 12.8 Å². The topological polar surface area (TPSA) is 66.4 Å². The van der Waals surface area contributed by atoms with E-state index < -0.39 is 27.3 Å². The minimum Gasteiger partial charge on any atom is -0.392 e. The lowest BCUT2D eigenvalue weighted by molar-refractivity contribution is 0.274. The van der Waals surface area contributed by atoms with E-state index >= 15 is 0 Å². The summed E-state index contributed by atoms with van der Waals surface area (Å²) in [4.78, 5) is -0.531. The molecule has 0 aromatic heterocycles. The molecule has 4 nitrogen and oxygen atoms in total. The SMILES string of the molecule is O=S(=O)(Nc1ccccc1Br)c1cc(Br)cc(CO)c1F. The normalized spacial score (nSPS) is 11.4. The summed E-state index contributed by atoms with van der Waals surface area (Å²) in [5.74, 6) is -0.972. The highest BCUT2D eigenvalue weighted by Gasteiger charge is 2.23. The largest absolute Gasteiger partial charge is 0.392 e. The van der Waals surface area contributed by atoms with Gasteiger partial charge in [-0.2, -0.15) is 0 Å². The number of aliphatic hydroxyl groups is 1. The fourth-order valence-electron chi connectivity index (χ4n) is 1.67. The van der Waals surface area contributed by atoms with E-state index in [-0.39, 0.29) is 5.56 Å². The lowest BCUT2D eigenvalue weighted by Gasteiger charge is -2.12. The number of sulfonamides is 1. The molecule has 8 heteroatoms. The number of hydrogen-bond acceptors (Lipinski definition) is 3. The van der Waals surface area contributed by atoms with Crippen molar-refractivity contribution in [3.05, 3.63) is 56.7 Å². The Morgan fingerprint density at radius 3 is 2.48 bits per heavy atom. The second-order valence-corrected chi connectivity index (χ2v) is 7.54. The van der Waals surface area contributed by atoms with Crippen molar-refractivity contribution < 1.29 is 17.9 Å². The van der Waals surface area contributed by atoms with Crippen LogP contribution in [0.4, 0.5) is 10.1 Å². The third-order valence-corrected chi connectivity index (χ3v) is 5.17. The van der Waals surface area contributed by atoms with Crippen molar-refractivity contribution in [2.75, 3.05) is 4.72 Å². The zero-order chi connectivity index (χ0) is 15.6. The van der Waals surface area contributed by atoms with Gasteiger partial charge in [0.05, 0.1) is 12.3 Å². The number of aliphatic hydroxyl groups excluding tert-OH is 1. The van der Waals surface area contributed by atoms with Gasteiger partial charge in [0, 0.05) is 14.5 Å². The highest BCUT2D eigenvalue weighted by Crippen LogP contribution is 2.28. The molecule has 0 aliphatic rings. The number of hydrogen-bond donors (Lipinski definition) is 2. The molecule has 112 valence electrons. The molecule has 0 saturated carbocycles.